The molecule has 0 saturated carbocycles. The molecule has 6 heteroatoms. The Morgan fingerprint density at radius 3 is 2.43 bits per heavy atom. The number of rotatable bonds is 1. The molecule has 0 aliphatic rings. The summed E-state index contributed by atoms with van der Waals surface area (Å²) in [6, 6.07) is 2.85. The van der Waals surface area contributed by atoms with Gasteiger partial charge in [0.2, 0.25) is 0 Å². The number of anilines is 1. The minimum Gasteiger partial charge on any atom is -0.293 e. The van der Waals surface area contributed by atoms with Crippen molar-refractivity contribution in [2.24, 2.45) is 0 Å². The van der Waals surface area contributed by atoms with Gasteiger partial charge in [-0.3, -0.25) is 5.32 Å². The largest absolute Gasteiger partial charge is 0.416 e. The topological polar surface area (TPSA) is 35.8 Å². The molecule has 1 aromatic rings. The van der Waals surface area contributed by atoms with Crippen molar-refractivity contribution < 1.29 is 13.2 Å². The summed E-state index contributed by atoms with van der Waals surface area (Å²) in [5.74, 6) is 0. The number of benzene rings is 1. The summed E-state index contributed by atoms with van der Waals surface area (Å²) in [6.07, 6.45) is -2.95. The molecule has 0 aliphatic carbocycles. The van der Waals surface area contributed by atoms with Gasteiger partial charge in [0.25, 0.3) is 0 Å². The highest BCUT2D eigenvalue weighted by atomic mass is 35.5. The Morgan fingerprint density at radius 1 is 1.29 bits per heavy atom. The van der Waals surface area contributed by atoms with Crippen LogP contribution >= 0.6 is 11.6 Å². The van der Waals surface area contributed by atoms with Gasteiger partial charge in [-0.15, -0.1) is 0 Å². The van der Waals surface area contributed by atoms with Gasteiger partial charge in [0, 0.05) is 10.7 Å². The molecule has 0 atom stereocenters. The van der Waals surface area contributed by atoms with E-state index >= 15 is 0 Å². The molecule has 0 aliphatic heterocycles. The first kappa shape index (κ1) is 10.7. The molecule has 2 nitrogen and oxygen atoms in total. The molecular weight excluding hydrogens is 217 g/mol. The van der Waals surface area contributed by atoms with E-state index in [1.165, 1.54) is 12.3 Å². The third kappa shape index (κ3) is 2.54. The fraction of sp³-hybridized carbons (Fsp3) is 0.125. The fourth-order valence-corrected chi connectivity index (χ4v) is 1.13. The van der Waals surface area contributed by atoms with Crippen LogP contribution in [0.1, 0.15) is 5.56 Å². The maximum absolute atomic E-state index is 12.2. The molecule has 1 aromatic carbocycles. The number of nitriles is 1. The highest BCUT2D eigenvalue weighted by Gasteiger charge is 2.31. The lowest BCUT2D eigenvalue weighted by Gasteiger charge is -2.08. The number of halogens is 4. The van der Waals surface area contributed by atoms with Gasteiger partial charge in [-0.1, -0.05) is 11.6 Å². The first-order valence-corrected chi connectivity index (χ1v) is 3.84. The summed E-state index contributed by atoms with van der Waals surface area (Å²) in [5.41, 5.74) is -0.866. The molecule has 0 aromatic heterocycles. The first-order valence-electron chi connectivity index (χ1n) is 3.46. The zero-order chi connectivity index (χ0) is 10.8. The van der Waals surface area contributed by atoms with Gasteiger partial charge in [-0.2, -0.15) is 18.4 Å². The number of nitrogens with zero attached hydrogens (tertiary/aromatic N) is 1. The van der Waals surface area contributed by atoms with Crippen molar-refractivity contribution in [2.45, 2.75) is 6.18 Å². The maximum Gasteiger partial charge on any atom is 0.416 e. The molecule has 0 heterocycles. The highest BCUT2D eigenvalue weighted by Crippen LogP contribution is 2.33. The van der Waals surface area contributed by atoms with Crippen LogP contribution in [0.25, 0.3) is 0 Å². The summed E-state index contributed by atoms with van der Waals surface area (Å²) < 4.78 is 36.7. The standard InChI is InChI=1S/C8H4ClF3N2/c9-6-1-5(8(10,11)12)2-7(3-6)14-4-13/h1-3,14H. The van der Waals surface area contributed by atoms with Crippen LogP contribution in [0.3, 0.4) is 0 Å². The van der Waals surface area contributed by atoms with Crippen molar-refractivity contribution in [2.75, 3.05) is 5.32 Å². The van der Waals surface area contributed by atoms with Crippen LogP contribution in [0.4, 0.5) is 18.9 Å². The van der Waals surface area contributed by atoms with Crippen LogP contribution in [-0.2, 0) is 6.18 Å². The Bertz CT molecular complexity index is 381. The van der Waals surface area contributed by atoms with Crippen LogP contribution in [0, 0.1) is 11.5 Å². The molecular formula is C8H4ClF3N2. The van der Waals surface area contributed by atoms with Crippen LogP contribution in [0.5, 0.6) is 0 Å². The van der Waals surface area contributed by atoms with E-state index in [-0.39, 0.29) is 10.7 Å². The third-order valence-corrected chi connectivity index (χ3v) is 1.64. The summed E-state index contributed by atoms with van der Waals surface area (Å²) in [7, 11) is 0. The minimum atomic E-state index is -4.46. The minimum absolute atomic E-state index is 0.0207. The second-order valence-electron chi connectivity index (χ2n) is 2.46. The first-order chi connectivity index (χ1) is 6.43. The smallest absolute Gasteiger partial charge is 0.293 e. The molecule has 0 radical (unpaired) electrons. The molecule has 0 amide bonds. The number of alkyl halides is 3. The molecule has 0 bridgehead atoms. The van der Waals surface area contributed by atoms with Gasteiger partial charge in [0.1, 0.15) is 0 Å². The quantitative estimate of drug-likeness (QED) is 0.583. The lowest BCUT2D eigenvalue weighted by molar-refractivity contribution is -0.137. The Kier molecular flexibility index (Phi) is 2.87. The van der Waals surface area contributed by atoms with Crippen molar-refractivity contribution in [3.8, 4) is 6.19 Å². The summed E-state index contributed by atoms with van der Waals surface area (Å²) in [6.45, 7) is 0. The van der Waals surface area contributed by atoms with E-state index in [1.54, 1.807) is 0 Å². The highest BCUT2D eigenvalue weighted by molar-refractivity contribution is 6.30. The van der Waals surface area contributed by atoms with Crippen molar-refractivity contribution in [3.05, 3.63) is 28.8 Å². The predicted molar refractivity (Wildman–Crippen MR) is 45.7 cm³/mol. The van der Waals surface area contributed by atoms with Crippen molar-refractivity contribution >= 4 is 17.3 Å². The van der Waals surface area contributed by atoms with E-state index in [2.05, 4.69) is 5.32 Å². The summed E-state index contributed by atoms with van der Waals surface area (Å²) in [4.78, 5) is 0. The molecule has 0 fully saturated rings. The summed E-state index contributed by atoms with van der Waals surface area (Å²) in [5, 5.41) is 10.2. The van der Waals surface area contributed by atoms with Crippen LogP contribution in [0.2, 0.25) is 5.02 Å². The SMILES string of the molecule is N#CNc1cc(Cl)cc(C(F)(F)F)c1. The van der Waals surface area contributed by atoms with E-state index in [4.69, 9.17) is 16.9 Å². The van der Waals surface area contributed by atoms with Crippen LogP contribution in [0.15, 0.2) is 18.2 Å². The number of hydrogen-bond acceptors (Lipinski definition) is 2. The lowest BCUT2D eigenvalue weighted by Crippen LogP contribution is -2.05. The Labute approximate surface area is 82.9 Å². The Morgan fingerprint density at radius 2 is 1.93 bits per heavy atom. The Balaban J connectivity index is 3.15. The van der Waals surface area contributed by atoms with E-state index in [1.807, 2.05) is 0 Å². The van der Waals surface area contributed by atoms with E-state index in [9.17, 15) is 13.2 Å². The van der Waals surface area contributed by atoms with Crippen LogP contribution < -0.4 is 5.32 Å². The monoisotopic (exact) mass is 220 g/mol. The van der Waals surface area contributed by atoms with Gasteiger partial charge >= 0.3 is 6.18 Å². The second-order valence-corrected chi connectivity index (χ2v) is 2.90. The van der Waals surface area contributed by atoms with Gasteiger partial charge in [-0.05, 0) is 18.2 Å². The molecule has 14 heavy (non-hydrogen) atoms. The number of nitrogens with one attached hydrogen (secondary N) is 1. The lowest BCUT2D eigenvalue weighted by atomic mass is 10.2. The van der Waals surface area contributed by atoms with Crippen LogP contribution in [-0.4, -0.2) is 0 Å². The average Bonchev–Trinajstić information content (AvgIpc) is 2.02. The average molecular weight is 221 g/mol. The number of hydrogen-bond donors (Lipinski definition) is 1. The summed E-state index contributed by atoms with van der Waals surface area (Å²) >= 11 is 5.44. The maximum atomic E-state index is 12.2. The van der Waals surface area contributed by atoms with Crippen molar-refractivity contribution in [3.63, 3.8) is 0 Å². The van der Waals surface area contributed by atoms with Gasteiger partial charge < -0.3 is 0 Å². The molecule has 0 spiro atoms. The van der Waals surface area contributed by atoms with Gasteiger partial charge in [0.05, 0.1) is 5.56 Å². The molecule has 0 unspecified atom stereocenters. The van der Waals surface area contributed by atoms with Crippen molar-refractivity contribution in [1.82, 2.24) is 0 Å². The normalized spacial score (nSPS) is 10.8. The van der Waals surface area contributed by atoms with E-state index in [0.29, 0.717) is 0 Å². The molecule has 1 N–H and O–H groups in total. The molecule has 74 valence electrons. The zero-order valence-electron chi connectivity index (χ0n) is 6.69. The van der Waals surface area contributed by atoms with E-state index < -0.39 is 11.7 Å². The Hall–Kier alpha value is -1.41. The third-order valence-electron chi connectivity index (χ3n) is 1.43. The zero-order valence-corrected chi connectivity index (χ0v) is 7.45. The molecule has 1 rings (SSSR count). The second kappa shape index (κ2) is 3.76. The predicted octanol–water partition coefficient (Wildman–Crippen LogP) is 3.25. The van der Waals surface area contributed by atoms with Crippen molar-refractivity contribution in [1.29, 1.82) is 5.26 Å². The fourth-order valence-electron chi connectivity index (χ4n) is 0.890. The molecule has 0 saturated heterocycles. The van der Waals surface area contributed by atoms with Gasteiger partial charge in [-0.25, -0.2) is 0 Å². The van der Waals surface area contributed by atoms with E-state index in [0.717, 1.165) is 12.1 Å². The van der Waals surface area contributed by atoms with Gasteiger partial charge in [0.15, 0.2) is 6.19 Å².